The molecule has 0 bridgehead atoms. The van der Waals surface area contributed by atoms with Crippen molar-refractivity contribution in [1.29, 1.82) is 0 Å². The van der Waals surface area contributed by atoms with E-state index >= 15 is 0 Å². The molecule has 3 aromatic carbocycles. The Morgan fingerprint density at radius 1 is 0.818 bits per heavy atom. The Balaban J connectivity index is 1.56. The number of aromatic nitrogens is 4. The van der Waals surface area contributed by atoms with Crippen LogP contribution in [0.4, 0.5) is 5.82 Å². The van der Waals surface area contributed by atoms with Gasteiger partial charge in [-0.2, -0.15) is 0 Å². The van der Waals surface area contributed by atoms with Gasteiger partial charge in [0.15, 0.2) is 23.3 Å². The van der Waals surface area contributed by atoms with Crippen molar-refractivity contribution in [2.45, 2.75) is 36.6 Å². The molecule has 12 heteroatoms. The summed E-state index contributed by atoms with van der Waals surface area (Å²) in [5.74, 6) is -2.81. The highest BCUT2D eigenvalue weighted by molar-refractivity contribution is 6.13. The molecule has 0 radical (unpaired) electrons. The maximum atomic E-state index is 14.4. The average molecular weight is 594 g/mol. The third kappa shape index (κ3) is 4.43. The number of ether oxygens (including phenoxy) is 2. The van der Waals surface area contributed by atoms with Crippen molar-refractivity contribution in [2.75, 3.05) is 5.73 Å². The summed E-state index contributed by atoms with van der Waals surface area (Å²) in [6.07, 6.45) is -2.56. The van der Waals surface area contributed by atoms with Crippen LogP contribution in [0, 0.1) is 0 Å². The molecule has 2 aromatic heterocycles. The van der Waals surface area contributed by atoms with Crippen molar-refractivity contribution in [3.8, 4) is 0 Å². The number of carbonyl (C=O) groups excluding carboxylic acids is 3. The van der Waals surface area contributed by atoms with Crippen molar-refractivity contribution >= 4 is 34.5 Å². The SMILES string of the molecule is CC(OC(=O)c1ccccc1)[C@H]1O[C@@H](n2cnc3c(N)ncnc32)[C@@](O)(C(=O)c2ccccc2)[C@@]1(O)C(=O)c1ccccc1. The summed E-state index contributed by atoms with van der Waals surface area (Å²) in [4.78, 5) is 54.2. The van der Waals surface area contributed by atoms with Crippen LogP contribution in [0.1, 0.15) is 44.2 Å². The highest BCUT2D eigenvalue weighted by Gasteiger charge is 2.75. The third-order valence-corrected chi connectivity index (χ3v) is 7.76. The van der Waals surface area contributed by atoms with Crippen molar-refractivity contribution in [1.82, 2.24) is 19.5 Å². The summed E-state index contributed by atoms with van der Waals surface area (Å²) in [5, 5.41) is 25.3. The van der Waals surface area contributed by atoms with E-state index in [-0.39, 0.29) is 33.7 Å². The average Bonchev–Trinajstić information content (AvgIpc) is 3.59. The maximum Gasteiger partial charge on any atom is 0.338 e. The molecule has 1 aliphatic heterocycles. The summed E-state index contributed by atoms with van der Waals surface area (Å²) < 4.78 is 13.2. The van der Waals surface area contributed by atoms with E-state index in [1.54, 1.807) is 54.6 Å². The van der Waals surface area contributed by atoms with Crippen molar-refractivity contribution in [3.63, 3.8) is 0 Å². The molecular formula is C32H27N5O7. The number of fused-ring (bicyclic) bond motifs is 1. The first-order valence-electron chi connectivity index (χ1n) is 13.7. The Morgan fingerprint density at radius 3 is 1.91 bits per heavy atom. The summed E-state index contributed by atoms with van der Waals surface area (Å²) in [6.45, 7) is 1.40. The maximum absolute atomic E-state index is 14.4. The first kappa shape index (κ1) is 28.8. The van der Waals surface area contributed by atoms with Crippen molar-refractivity contribution < 1.29 is 34.1 Å². The quantitative estimate of drug-likeness (QED) is 0.178. The number of carbonyl (C=O) groups is 3. The van der Waals surface area contributed by atoms with Gasteiger partial charge in [-0.3, -0.25) is 14.2 Å². The molecular weight excluding hydrogens is 566 g/mol. The van der Waals surface area contributed by atoms with Crippen molar-refractivity contribution in [2.24, 2.45) is 0 Å². The summed E-state index contributed by atoms with van der Waals surface area (Å²) >= 11 is 0. The van der Waals surface area contributed by atoms with Crippen LogP contribution in [0.2, 0.25) is 0 Å². The molecule has 4 N–H and O–H groups in total. The molecule has 0 amide bonds. The lowest BCUT2D eigenvalue weighted by molar-refractivity contribution is -0.111. The van der Waals surface area contributed by atoms with E-state index in [9.17, 15) is 24.6 Å². The minimum Gasteiger partial charge on any atom is -0.456 e. The molecule has 3 heterocycles. The molecule has 1 aliphatic rings. The predicted octanol–water partition coefficient (Wildman–Crippen LogP) is 2.78. The first-order valence-corrected chi connectivity index (χ1v) is 13.7. The number of Topliss-reactive ketones (excluding diaryl/α,β-unsaturated/α-hetero) is 2. The van der Waals surface area contributed by atoms with Crippen LogP contribution in [-0.4, -0.2) is 70.7 Å². The van der Waals surface area contributed by atoms with Gasteiger partial charge in [-0.05, 0) is 19.1 Å². The van der Waals surface area contributed by atoms with E-state index < -0.39 is 47.2 Å². The first-order chi connectivity index (χ1) is 21.2. The number of hydrogen-bond acceptors (Lipinski definition) is 11. The van der Waals surface area contributed by atoms with E-state index in [2.05, 4.69) is 15.0 Å². The Bertz CT molecular complexity index is 1850. The normalized spacial score (nSPS) is 23.7. The lowest BCUT2D eigenvalue weighted by Gasteiger charge is -2.39. The van der Waals surface area contributed by atoms with Gasteiger partial charge in [0.2, 0.25) is 17.2 Å². The minimum atomic E-state index is -3.01. The number of aliphatic hydroxyl groups is 2. The Morgan fingerprint density at radius 2 is 1.34 bits per heavy atom. The molecule has 6 rings (SSSR count). The smallest absolute Gasteiger partial charge is 0.338 e. The Hall–Kier alpha value is -5.30. The van der Waals surface area contributed by atoms with E-state index in [1.807, 2.05) is 0 Å². The lowest BCUT2D eigenvalue weighted by Crippen LogP contribution is -2.68. The summed E-state index contributed by atoms with van der Waals surface area (Å²) in [7, 11) is 0. The summed E-state index contributed by atoms with van der Waals surface area (Å²) in [6, 6.07) is 23.4. The fourth-order valence-corrected chi connectivity index (χ4v) is 5.58. The van der Waals surface area contributed by atoms with Gasteiger partial charge in [-0.25, -0.2) is 19.7 Å². The van der Waals surface area contributed by atoms with Gasteiger partial charge in [0.25, 0.3) is 0 Å². The number of benzene rings is 3. The van der Waals surface area contributed by atoms with Gasteiger partial charge in [0.1, 0.15) is 24.1 Å². The highest BCUT2D eigenvalue weighted by Crippen LogP contribution is 2.51. The van der Waals surface area contributed by atoms with Crippen LogP contribution in [0.5, 0.6) is 0 Å². The van der Waals surface area contributed by atoms with Crippen LogP contribution in [0.15, 0.2) is 104 Å². The molecule has 12 nitrogen and oxygen atoms in total. The molecule has 0 saturated carbocycles. The molecule has 1 saturated heterocycles. The zero-order chi connectivity index (χ0) is 31.1. The lowest BCUT2D eigenvalue weighted by atomic mass is 9.70. The van der Waals surface area contributed by atoms with Gasteiger partial charge >= 0.3 is 5.97 Å². The van der Waals surface area contributed by atoms with Gasteiger partial charge in [0, 0.05) is 11.1 Å². The van der Waals surface area contributed by atoms with Crippen LogP contribution < -0.4 is 5.73 Å². The molecule has 0 aliphatic carbocycles. The van der Waals surface area contributed by atoms with Crippen LogP contribution >= 0.6 is 0 Å². The van der Waals surface area contributed by atoms with E-state index in [0.717, 1.165) is 6.33 Å². The molecule has 222 valence electrons. The number of ketones is 2. The fraction of sp³-hybridized carbons (Fsp3) is 0.188. The number of nitrogens with zero attached hydrogens (tertiary/aromatic N) is 4. The second-order valence-corrected chi connectivity index (χ2v) is 10.4. The molecule has 0 spiro atoms. The van der Waals surface area contributed by atoms with E-state index in [4.69, 9.17) is 15.2 Å². The number of imidazole rings is 1. The van der Waals surface area contributed by atoms with E-state index in [0.29, 0.717) is 0 Å². The number of anilines is 1. The van der Waals surface area contributed by atoms with Crippen LogP contribution in [-0.2, 0) is 9.47 Å². The Kier molecular flexibility index (Phi) is 7.25. The molecule has 1 fully saturated rings. The standard InChI is InChI=1S/C32H27N5O7/c1-19(43-29(40)22-15-9-4-10-16-22)26-31(41,24(38)20-11-5-2-6-12-20)32(42,25(39)21-13-7-3-8-14-21)30(44-26)37-18-36-23-27(33)34-17-35-28(23)37/h2-19,26,30,41-42H,1H3,(H2,33,34,35)/t19?,26-,30-,31-,32+/m1/s1. The van der Waals surface area contributed by atoms with Gasteiger partial charge in [-0.15, -0.1) is 0 Å². The monoisotopic (exact) mass is 593 g/mol. The minimum absolute atomic E-state index is 0.0157. The second-order valence-electron chi connectivity index (χ2n) is 10.4. The van der Waals surface area contributed by atoms with Crippen LogP contribution in [0.25, 0.3) is 11.2 Å². The number of hydrogen-bond donors (Lipinski definition) is 3. The molecule has 1 unspecified atom stereocenters. The van der Waals surface area contributed by atoms with Gasteiger partial charge in [0.05, 0.1) is 11.9 Å². The predicted molar refractivity (Wildman–Crippen MR) is 156 cm³/mol. The number of rotatable bonds is 8. The second kappa shape index (κ2) is 11.1. The topological polar surface area (TPSA) is 180 Å². The Labute approximate surface area is 250 Å². The number of esters is 1. The van der Waals surface area contributed by atoms with Gasteiger partial charge in [-0.1, -0.05) is 78.9 Å². The van der Waals surface area contributed by atoms with Gasteiger partial charge < -0.3 is 25.4 Å². The zero-order valence-corrected chi connectivity index (χ0v) is 23.3. The van der Waals surface area contributed by atoms with E-state index in [1.165, 1.54) is 54.2 Å². The highest BCUT2D eigenvalue weighted by atomic mass is 16.6. The largest absolute Gasteiger partial charge is 0.456 e. The number of nitrogens with two attached hydrogens (primary N) is 1. The molecule has 44 heavy (non-hydrogen) atoms. The zero-order valence-electron chi connectivity index (χ0n) is 23.3. The molecule has 5 aromatic rings. The summed E-state index contributed by atoms with van der Waals surface area (Å²) in [5.41, 5.74) is 0.343. The molecule has 5 atom stereocenters. The van der Waals surface area contributed by atoms with Crippen LogP contribution in [0.3, 0.4) is 0 Å². The number of nitrogen functional groups attached to an aromatic ring is 1. The van der Waals surface area contributed by atoms with Crippen molar-refractivity contribution in [3.05, 3.63) is 120 Å². The fourth-order valence-electron chi connectivity index (χ4n) is 5.58. The third-order valence-electron chi connectivity index (χ3n) is 7.76.